The van der Waals surface area contributed by atoms with E-state index in [1.165, 1.54) is 6.20 Å². The first-order chi connectivity index (χ1) is 8.24. The Morgan fingerprint density at radius 1 is 1.35 bits per heavy atom. The Morgan fingerprint density at radius 3 is 2.82 bits per heavy atom. The minimum atomic E-state index is 0.478. The highest BCUT2D eigenvalue weighted by Gasteiger charge is 2.08. The summed E-state index contributed by atoms with van der Waals surface area (Å²) in [5.41, 5.74) is 2.12. The fourth-order valence-electron chi connectivity index (χ4n) is 1.54. The normalized spacial score (nSPS) is 9.71. The van der Waals surface area contributed by atoms with Gasteiger partial charge in [-0.3, -0.25) is 0 Å². The maximum absolute atomic E-state index is 8.87. The Morgan fingerprint density at radius 2 is 2.18 bits per heavy atom. The molecule has 0 bridgehead atoms. The topological polar surface area (TPSA) is 45.9 Å². The van der Waals surface area contributed by atoms with E-state index in [0.717, 1.165) is 11.1 Å². The van der Waals surface area contributed by atoms with Gasteiger partial charge in [-0.05, 0) is 23.8 Å². The van der Waals surface area contributed by atoms with Gasteiger partial charge in [-0.15, -0.1) is 0 Å². The van der Waals surface area contributed by atoms with E-state index in [1.54, 1.807) is 19.2 Å². The first kappa shape index (κ1) is 11.4. The van der Waals surface area contributed by atoms with Gasteiger partial charge in [0.05, 0.1) is 12.7 Å². The highest BCUT2D eigenvalue weighted by Crippen LogP contribution is 2.30. The van der Waals surface area contributed by atoms with Crippen LogP contribution in [-0.2, 0) is 0 Å². The van der Waals surface area contributed by atoms with E-state index in [0.29, 0.717) is 16.5 Å². The molecule has 1 aromatic heterocycles. The van der Waals surface area contributed by atoms with Gasteiger partial charge in [-0.1, -0.05) is 23.7 Å². The second-order valence-corrected chi connectivity index (χ2v) is 3.84. The molecule has 0 aliphatic carbocycles. The van der Waals surface area contributed by atoms with Crippen LogP contribution in [0.2, 0.25) is 5.02 Å². The van der Waals surface area contributed by atoms with Crippen LogP contribution in [0, 0.1) is 11.3 Å². The summed E-state index contributed by atoms with van der Waals surface area (Å²) in [6.45, 7) is 0. The molecule has 0 aliphatic heterocycles. The molecule has 0 saturated heterocycles. The maximum Gasteiger partial charge on any atom is 0.221 e. The Bertz CT molecular complexity index is 590. The van der Waals surface area contributed by atoms with Crippen LogP contribution in [0.1, 0.15) is 5.56 Å². The standard InChI is InChI=1S/C13H9ClN2O/c1-17-13-12(5-9(7-15)8-16-13)10-3-2-4-11(14)6-10/h2-6,8H,1H3. The molecule has 17 heavy (non-hydrogen) atoms. The maximum atomic E-state index is 8.87. The fourth-order valence-corrected chi connectivity index (χ4v) is 1.73. The molecule has 2 rings (SSSR count). The van der Waals surface area contributed by atoms with Crippen molar-refractivity contribution in [2.45, 2.75) is 0 Å². The molecule has 0 fully saturated rings. The molecule has 84 valence electrons. The molecule has 3 nitrogen and oxygen atoms in total. The third kappa shape index (κ3) is 2.38. The molecular formula is C13H9ClN2O. The van der Waals surface area contributed by atoms with Crippen LogP contribution < -0.4 is 4.74 Å². The number of nitrogens with zero attached hydrogens (tertiary/aromatic N) is 2. The second kappa shape index (κ2) is 4.86. The molecule has 1 aromatic carbocycles. The number of ether oxygens (including phenoxy) is 1. The molecule has 0 spiro atoms. The monoisotopic (exact) mass is 244 g/mol. The lowest BCUT2D eigenvalue weighted by atomic mass is 10.1. The Hall–Kier alpha value is -2.05. The van der Waals surface area contributed by atoms with Crippen molar-refractivity contribution in [1.29, 1.82) is 5.26 Å². The van der Waals surface area contributed by atoms with Crippen molar-refractivity contribution in [3.05, 3.63) is 47.1 Å². The van der Waals surface area contributed by atoms with Gasteiger partial charge >= 0.3 is 0 Å². The number of pyridine rings is 1. The molecule has 0 N–H and O–H groups in total. The molecule has 1 heterocycles. The molecular weight excluding hydrogens is 236 g/mol. The SMILES string of the molecule is COc1ncc(C#N)cc1-c1cccc(Cl)c1. The summed E-state index contributed by atoms with van der Waals surface area (Å²) in [6, 6.07) is 11.1. The molecule has 0 atom stereocenters. The minimum Gasteiger partial charge on any atom is -0.481 e. The Labute approximate surface area is 104 Å². The largest absolute Gasteiger partial charge is 0.481 e. The van der Waals surface area contributed by atoms with E-state index in [4.69, 9.17) is 21.6 Å². The van der Waals surface area contributed by atoms with Crippen LogP contribution in [0.25, 0.3) is 11.1 Å². The number of methoxy groups -OCH3 is 1. The lowest BCUT2D eigenvalue weighted by Crippen LogP contribution is -1.92. The van der Waals surface area contributed by atoms with Gasteiger partial charge in [0, 0.05) is 16.8 Å². The summed E-state index contributed by atoms with van der Waals surface area (Å²) in [4.78, 5) is 4.09. The number of hydrogen-bond donors (Lipinski definition) is 0. The summed E-state index contributed by atoms with van der Waals surface area (Å²) < 4.78 is 5.18. The highest BCUT2D eigenvalue weighted by molar-refractivity contribution is 6.30. The summed E-state index contributed by atoms with van der Waals surface area (Å²) in [7, 11) is 1.54. The number of rotatable bonds is 2. The van der Waals surface area contributed by atoms with Gasteiger partial charge < -0.3 is 4.74 Å². The summed E-state index contributed by atoms with van der Waals surface area (Å²) >= 11 is 5.94. The fraction of sp³-hybridized carbons (Fsp3) is 0.0769. The molecule has 2 aromatic rings. The number of aromatic nitrogens is 1. The minimum absolute atomic E-state index is 0.478. The summed E-state index contributed by atoms with van der Waals surface area (Å²) in [5, 5.41) is 9.50. The lowest BCUT2D eigenvalue weighted by molar-refractivity contribution is 0.399. The van der Waals surface area contributed by atoms with Crippen LogP contribution in [0.5, 0.6) is 5.88 Å². The summed E-state index contributed by atoms with van der Waals surface area (Å²) in [5.74, 6) is 0.478. The van der Waals surface area contributed by atoms with Crippen LogP contribution in [0.15, 0.2) is 36.5 Å². The number of nitriles is 1. The second-order valence-electron chi connectivity index (χ2n) is 3.40. The van der Waals surface area contributed by atoms with E-state index in [1.807, 2.05) is 18.2 Å². The van der Waals surface area contributed by atoms with Gasteiger partial charge in [-0.2, -0.15) is 5.26 Å². The number of halogens is 1. The predicted octanol–water partition coefficient (Wildman–Crippen LogP) is 3.28. The van der Waals surface area contributed by atoms with Crippen LogP contribution in [0.3, 0.4) is 0 Å². The van der Waals surface area contributed by atoms with Crippen molar-refractivity contribution < 1.29 is 4.74 Å². The van der Waals surface area contributed by atoms with Gasteiger partial charge in [0.25, 0.3) is 0 Å². The highest BCUT2D eigenvalue weighted by atomic mass is 35.5. The lowest BCUT2D eigenvalue weighted by Gasteiger charge is -2.07. The number of hydrogen-bond acceptors (Lipinski definition) is 3. The van der Waals surface area contributed by atoms with Crippen molar-refractivity contribution >= 4 is 11.6 Å². The van der Waals surface area contributed by atoms with Crippen molar-refractivity contribution in [3.8, 4) is 23.1 Å². The van der Waals surface area contributed by atoms with Gasteiger partial charge in [-0.25, -0.2) is 4.98 Å². The zero-order valence-corrected chi connectivity index (χ0v) is 9.90. The van der Waals surface area contributed by atoms with Crippen LogP contribution in [-0.4, -0.2) is 12.1 Å². The van der Waals surface area contributed by atoms with Gasteiger partial charge in [0.1, 0.15) is 6.07 Å². The van der Waals surface area contributed by atoms with Crippen LogP contribution in [0.4, 0.5) is 0 Å². The first-order valence-corrected chi connectivity index (χ1v) is 5.32. The smallest absolute Gasteiger partial charge is 0.221 e. The average molecular weight is 245 g/mol. The Kier molecular flexibility index (Phi) is 3.27. The predicted molar refractivity (Wildman–Crippen MR) is 66.0 cm³/mol. The van der Waals surface area contributed by atoms with E-state index in [-0.39, 0.29) is 0 Å². The third-order valence-corrected chi connectivity index (χ3v) is 2.54. The zero-order chi connectivity index (χ0) is 12.3. The van der Waals surface area contributed by atoms with Crippen LogP contribution >= 0.6 is 11.6 Å². The zero-order valence-electron chi connectivity index (χ0n) is 9.14. The van der Waals surface area contributed by atoms with Gasteiger partial charge in [0.15, 0.2) is 0 Å². The Balaban J connectivity index is 2.61. The quantitative estimate of drug-likeness (QED) is 0.814. The molecule has 0 unspecified atom stereocenters. The molecule has 0 aliphatic rings. The van der Waals surface area contributed by atoms with Crippen molar-refractivity contribution in [3.63, 3.8) is 0 Å². The molecule has 0 radical (unpaired) electrons. The summed E-state index contributed by atoms with van der Waals surface area (Å²) in [6.07, 6.45) is 1.48. The van der Waals surface area contributed by atoms with Crippen molar-refractivity contribution in [2.24, 2.45) is 0 Å². The molecule has 4 heteroatoms. The first-order valence-electron chi connectivity index (χ1n) is 4.94. The number of benzene rings is 1. The van der Waals surface area contributed by atoms with E-state index >= 15 is 0 Å². The van der Waals surface area contributed by atoms with Gasteiger partial charge in [0.2, 0.25) is 5.88 Å². The van der Waals surface area contributed by atoms with E-state index in [9.17, 15) is 0 Å². The van der Waals surface area contributed by atoms with E-state index in [2.05, 4.69) is 11.1 Å². The van der Waals surface area contributed by atoms with Crippen molar-refractivity contribution in [2.75, 3.05) is 7.11 Å². The molecule has 0 saturated carbocycles. The third-order valence-electron chi connectivity index (χ3n) is 2.31. The van der Waals surface area contributed by atoms with E-state index < -0.39 is 0 Å². The average Bonchev–Trinajstić information content (AvgIpc) is 2.38. The molecule has 0 amide bonds. The van der Waals surface area contributed by atoms with Crippen molar-refractivity contribution in [1.82, 2.24) is 4.98 Å².